The molecule has 0 saturated carbocycles. The van der Waals surface area contributed by atoms with Crippen molar-refractivity contribution in [1.29, 1.82) is 0 Å². The molecule has 0 unspecified atom stereocenters. The molecule has 2 aromatic carbocycles. The van der Waals surface area contributed by atoms with Crippen molar-refractivity contribution in [3.63, 3.8) is 0 Å². The van der Waals surface area contributed by atoms with Crippen molar-refractivity contribution in [1.82, 2.24) is 10.4 Å². The summed E-state index contributed by atoms with van der Waals surface area (Å²) in [7, 11) is 0. The summed E-state index contributed by atoms with van der Waals surface area (Å²) in [6, 6.07) is 13.6. The van der Waals surface area contributed by atoms with Crippen molar-refractivity contribution < 1.29 is 4.79 Å². The van der Waals surface area contributed by atoms with Crippen LogP contribution in [0.2, 0.25) is 10.0 Å². The van der Waals surface area contributed by atoms with E-state index in [0.717, 1.165) is 10.9 Å². The molecule has 2 N–H and O–H groups in total. The maximum absolute atomic E-state index is 12.1. The summed E-state index contributed by atoms with van der Waals surface area (Å²) >= 11 is 11.8. The lowest BCUT2D eigenvalue weighted by Gasteiger charge is -2.03. The zero-order valence-corrected chi connectivity index (χ0v) is 13.7. The number of fused-ring (bicyclic) bond motifs is 1. The van der Waals surface area contributed by atoms with Gasteiger partial charge in [0.2, 0.25) is 0 Å². The fourth-order valence-electron chi connectivity index (χ4n) is 2.15. The Bertz CT molecular complexity index is 1010. The average Bonchev–Trinajstić information content (AvgIpc) is 2.57. The van der Waals surface area contributed by atoms with E-state index in [-0.39, 0.29) is 16.1 Å². The third kappa shape index (κ3) is 3.48. The first-order valence-corrected chi connectivity index (χ1v) is 7.71. The maximum atomic E-state index is 12.1. The lowest BCUT2D eigenvalue weighted by Crippen LogP contribution is -2.19. The Morgan fingerprint density at radius 3 is 2.75 bits per heavy atom. The molecule has 0 aliphatic heterocycles. The number of carbonyl (C=O) groups excluding carboxylic acids is 1. The number of H-pyrrole nitrogens is 1. The van der Waals surface area contributed by atoms with Crippen LogP contribution in [0.15, 0.2) is 58.4 Å². The average molecular weight is 360 g/mol. The Morgan fingerprint density at radius 1 is 1.12 bits per heavy atom. The predicted octanol–water partition coefficient (Wildman–Crippen LogP) is 3.60. The second-order valence-electron chi connectivity index (χ2n) is 4.96. The molecule has 1 aromatic heterocycles. The van der Waals surface area contributed by atoms with Crippen molar-refractivity contribution in [2.45, 2.75) is 0 Å². The number of pyridine rings is 1. The van der Waals surface area contributed by atoms with E-state index < -0.39 is 5.91 Å². The molecule has 1 heterocycles. The fourth-order valence-corrected chi connectivity index (χ4v) is 2.53. The van der Waals surface area contributed by atoms with Gasteiger partial charge in [0.05, 0.1) is 22.4 Å². The van der Waals surface area contributed by atoms with Crippen LogP contribution in [-0.4, -0.2) is 17.1 Å². The van der Waals surface area contributed by atoms with Crippen molar-refractivity contribution in [2.75, 3.05) is 0 Å². The number of halogens is 2. The molecule has 0 radical (unpaired) electrons. The number of amides is 1. The van der Waals surface area contributed by atoms with Gasteiger partial charge in [-0.25, -0.2) is 5.43 Å². The minimum absolute atomic E-state index is 0.203. The molecule has 0 aliphatic carbocycles. The maximum Gasteiger partial charge on any atom is 0.272 e. The highest BCUT2D eigenvalue weighted by Gasteiger charge is 2.10. The number of hydrazone groups is 1. The van der Waals surface area contributed by atoms with Gasteiger partial charge in [0.25, 0.3) is 11.5 Å². The normalized spacial score (nSPS) is 11.1. The van der Waals surface area contributed by atoms with E-state index in [2.05, 4.69) is 15.5 Å². The van der Waals surface area contributed by atoms with Crippen LogP contribution in [0.5, 0.6) is 0 Å². The summed E-state index contributed by atoms with van der Waals surface area (Å²) in [5.74, 6) is -0.518. The molecule has 0 fully saturated rings. The van der Waals surface area contributed by atoms with Gasteiger partial charge in [0.15, 0.2) is 0 Å². The number of carbonyl (C=O) groups is 1. The molecular formula is C17H11Cl2N3O2. The SMILES string of the molecule is O=C(N/N=C/c1cc2ccccc2[nH]c1=O)c1cc(Cl)ccc1Cl. The molecule has 5 nitrogen and oxygen atoms in total. The molecule has 7 heteroatoms. The van der Waals surface area contributed by atoms with Crippen molar-refractivity contribution in [2.24, 2.45) is 5.10 Å². The van der Waals surface area contributed by atoms with Gasteiger partial charge in [-0.2, -0.15) is 5.10 Å². The van der Waals surface area contributed by atoms with Crippen LogP contribution in [0.25, 0.3) is 10.9 Å². The van der Waals surface area contributed by atoms with E-state index in [1.165, 1.54) is 18.3 Å². The van der Waals surface area contributed by atoms with Crippen LogP contribution in [0, 0.1) is 0 Å². The number of para-hydroxylation sites is 1. The second-order valence-corrected chi connectivity index (χ2v) is 5.81. The first-order chi connectivity index (χ1) is 11.5. The molecule has 1 amide bonds. The Kier molecular flexibility index (Phi) is 4.64. The topological polar surface area (TPSA) is 74.3 Å². The minimum atomic E-state index is -0.518. The third-order valence-corrected chi connectivity index (χ3v) is 3.89. The number of aromatic amines is 1. The van der Waals surface area contributed by atoms with Crippen molar-refractivity contribution in [3.8, 4) is 0 Å². The smallest absolute Gasteiger partial charge is 0.272 e. The summed E-state index contributed by atoms with van der Waals surface area (Å²) in [6.45, 7) is 0. The van der Waals surface area contributed by atoms with Gasteiger partial charge >= 0.3 is 0 Å². The van der Waals surface area contributed by atoms with Crippen molar-refractivity contribution >= 4 is 46.2 Å². The lowest BCUT2D eigenvalue weighted by molar-refractivity contribution is 0.0955. The van der Waals surface area contributed by atoms with Crippen LogP contribution in [0.1, 0.15) is 15.9 Å². The number of hydrogen-bond acceptors (Lipinski definition) is 3. The molecule has 120 valence electrons. The first-order valence-electron chi connectivity index (χ1n) is 6.95. The van der Waals surface area contributed by atoms with Gasteiger partial charge in [-0.15, -0.1) is 0 Å². The van der Waals surface area contributed by atoms with Crippen LogP contribution in [0.4, 0.5) is 0 Å². The van der Waals surface area contributed by atoms with Crippen LogP contribution >= 0.6 is 23.2 Å². The van der Waals surface area contributed by atoms with Gasteiger partial charge < -0.3 is 4.98 Å². The molecule has 0 saturated heterocycles. The summed E-state index contributed by atoms with van der Waals surface area (Å²) in [5.41, 5.74) is 3.29. The first kappa shape index (κ1) is 16.2. The summed E-state index contributed by atoms with van der Waals surface area (Å²) < 4.78 is 0. The van der Waals surface area contributed by atoms with Crippen molar-refractivity contribution in [3.05, 3.63) is 80.1 Å². The third-order valence-electron chi connectivity index (χ3n) is 3.32. The number of nitrogens with one attached hydrogen (secondary N) is 2. The highest BCUT2D eigenvalue weighted by atomic mass is 35.5. The summed E-state index contributed by atoms with van der Waals surface area (Å²) in [6.07, 6.45) is 1.28. The fraction of sp³-hybridized carbons (Fsp3) is 0. The number of hydrogen-bond donors (Lipinski definition) is 2. The number of rotatable bonds is 3. The van der Waals surface area contributed by atoms with E-state index in [1.54, 1.807) is 18.2 Å². The lowest BCUT2D eigenvalue weighted by atomic mass is 10.2. The molecular weight excluding hydrogens is 349 g/mol. The second kappa shape index (κ2) is 6.86. The molecule has 0 atom stereocenters. The van der Waals surface area contributed by atoms with Gasteiger partial charge in [-0.1, -0.05) is 41.4 Å². The Morgan fingerprint density at radius 2 is 1.92 bits per heavy atom. The van der Waals surface area contributed by atoms with E-state index in [9.17, 15) is 9.59 Å². The molecule has 24 heavy (non-hydrogen) atoms. The summed E-state index contributed by atoms with van der Waals surface area (Å²) in [4.78, 5) is 26.8. The molecule has 3 rings (SSSR count). The zero-order chi connectivity index (χ0) is 17.1. The predicted molar refractivity (Wildman–Crippen MR) is 96.1 cm³/mol. The molecule has 0 aliphatic rings. The zero-order valence-electron chi connectivity index (χ0n) is 12.2. The van der Waals surface area contributed by atoms with Gasteiger partial charge in [0, 0.05) is 10.5 Å². The standard InChI is InChI=1S/C17H11Cl2N3O2/c18-12-5-6-14(19)13(8-12)17(24)22-20-9-11-7-10-3-1-2-4-15(10)21-16(11)23/h1-9H,(H,21,23)(H,22,24)/b20-9+. The monoisotopic (exact) mass is 359 g/mol. The van der Waals surface area contributed by atoms with E-state index in [0.29, 0.717) is 10.6 Å². The highest BCUT2D eigenvalue weighted by Crippen LogP contribution is 2.20. The Labute approximate surface area is 146 Å². The Hall–Kier alpha value is -2.63. The van der Waals surface area contributed by atoms with Crippen LogP contribution in [-0.2, 0) is 0 Å². The molecule has 0 spiro atoms. The van der Waals surface area contributed by atoms with Crippen LogP contribution < -0.4 is 11.0 Å². The van der Waals surface area contributed by atoms with E-state index >= 15 is 0 Å². The van der Waals surface area contributed by atoms with Gasteiger partial charge in [-0.05, 0) is 35.7 Å². The Balaban J connectivity index is 1.81. The van der Waals surface area contributed by atoms with Crippen LogP contribution in [0.3, 0.4) is 0 Å². The van der Waals surface area contributed by atoms with E-state index in [4.69, 9.17) is 23.2 Å². The molecule has 0 bridgehead atoms. The largest absolute Gasteiger partial charge is 0.321 e. The summed E-state index contributed by atoms with van der Waals surface area (Å²) in [5, 5.41) is 5.32. The quantitative estimate of drug-likeness (QED) is 0.553. The number of nitrogens with zero attached hydrogens (tertiary/aromatic N) is 1. The molecule has 3 aromatic rings. The van der Waals surface area contributed by atoms with Gasteiger partial charge in [-0.3, -0.25) is 9.59 Å². The minimum Gasteiger partial charge on any atom is -0.321 e. The highest BCUT2D eigenvalue weighted by molar-refractivity contribution is 6.35. The number of benzene rings is 2. The van der Waals surface area contributed by atoms with E-state index in [1.807, 2.05) is 18.2 Å². The number of aromatic nitrogens is 1. The van der Waals surface area contributed by atoms with Gasteiger partial charge in [0.1, 0.15) is 0 Å².